The number of aliphatic hydroxyl groups is 1. The molecule has 1 aromatic rings. The number of hydrogen-bond donors (Lipinski definition) is 2. The molecular weight excluding hydrogens is 326 g/mol. The zero-order valence-corrected chi connectivity index (χ0v) is 14.8. The Kier molecular flexibility index (Phi) is 5.73. The summed E-state index contributed by atoms with van der Waals surface area (Å²) < 4.78 is 26.7. The third kappa shape index (κ3) is 4.07. The summed E-state index contributed by atoms with van der Waals surface area (Å²) in [5.41, 5.74) is 0. The third-order valence-electron chi connectivity index (χ3n) is 5.13. The predicted molar refractivity (Wildman–Crippen MR) is 93.3 cm³/mol. The van der Waals surface area contributed by atoms with Gasteiger partial charge in [0.15, 0.2) is 0 Å². The van der Waals surface area contributed by atoms with Crippen LogP contribution in [0.1, 0.15) is 44.9 Å². The number of sulfonamides is 1. The second-order valence-electron chi connectivity index (χ2n) is 6.84. The number of nitrogens with zero attached hydrogens (tertiary/aromatic N) is 2. The zero-order valence-electron chi connectivity index (χ0n) is 14.0. The quantitative estimate of drug-likeness (QED) is 0.819. The van der Waals surface area contributed by atoms with Crippen molar-refractivity contribution in [1.29, 1.82) is 0 Å². The SMILES string of the molecule is O=S(=O)(c1ccc(NCC(O)C2CCCC2)nc1)N1CCCCC1. The highest BCUT2D eigenvalue weighted by molar-refractivity contribution is 7.89. The molecule has 1 aliphatic heterocycles. The van der Waals surface area contributed by atoms with Crippen molar-refractivity contribution in [1.82, 2.24) is 9.29 Å². The molecule has 1 atom stereocenters. The average Bonchev–Trinajstić information content (AvgIpc) is 3.15. The Morgan fingerprint density at radius 2 is 1.88 bits per heavy atom. The van der Waals surface area contributed by atoms with Gasteiger partial charge in [-0.2, -0.15) is 4.31 Å². The van der Waals surface area contributed by atoms with Gasteiger partial charge in [0.25, 0.3) is 0 Å². The van der Waals surface area contributed by atoms with Gasteiger partial charge < -0.3 is 10.4 Å². The fourth-order valence-electron chi connectivity index (χ4n) is 3.61. The second kappa shape index (κ2) is 7.80. The first kappa shape index (κ1) is 17.6. The van der Waals surface area contributed by atoms with E-state index in [0.29, 0.717) is 31.4 Å². The molecule has 24 heavy (non-hydrogen) atoms. The smallest absolute Gasteiger partial charge is 0.244 e. The molecule has 2 heterocycles. The molecule has 6 nitrogen and oxygen atoms in total. The first-order valence-electron chi connectivity index (χ1n) is 8.95. The van der Waals surface area contributed by atoms with Gasteiger partial charge in [0.1, 0.15) is 10.7 Å². The van der Waals surface area contributed by atoms with Crippen LogP contribution >= 0.6 is 0 Å². The van der Waals surface area contributed by atoms with Crippen LogP contribution in [0.2, 0.25) is 0 Å². The number of hydrogen-bond acceptors (Lipinski definition) is 5. The Morgan fingerprint density at radius 3 is 2.50 bits per heavy atom. The van der Waals surface area contributed by atoms with Crippen LogP contribution < -0.4 is 5.32 Å². The topological polar surface area (TPSA) is 82.5 Å². The monoisotopic (exact) mass is 353 g/mol. The summed E-state index contributed by atoms with van der Waals surface area (Å²) >= 11 is 0. The number of pyridine rings is 1. The van der Waals surface area contributed by atoms with Gasteiger partial charge in [0.2, 0.25) is 10.0 Å². The minimum atomic E-state index is -3.43. The van der Waals surface area contributed by atoms with Crippen LogP contribution in [-0.4, -0.2) is 48.6 Å². The second-order valence-corrected chi connectivity index (χ2v) is 8.77. The summed E-state index contributed by atoms with van der Waals surface area (Å²) in [7, 11) is -3.43. The molecule has 134 valence electrons. The van der Waals surface area contributed by atoms with Crippen molar-refractivity contribution >= 4 is 15.8 Å². The molecule has 0 amide bonds. The van der Waals surface area contributed by atoms with Crippen LogP contribution in [0.3, 0.4) is 0 Å². The fourth-order valence-corrected chi connectivity index (χ4v) is 5.07. The standard InChI is InChI=1S/C17H27N3O3S/c21-16(14-6-2-3-7-14)13-19-17-9-8-15(12-18-17)24(22,23)20-10-4-1-5-11-20/h8-9,12,14,16,21H,1-7,10-11,13H2,(H,18,19). The van der Waals surface area contributed by atoms with Crippen LogP contribution in [0, 0.1) is 5.92 Å². The van der Waals surface area contributed by atoms with E-state index in [9.17, 15) is 13.5 Å². The van der Waals surface area contributed by atoms with Crippen molar-refractivity contribution in [2.75, 3.05) is 25.0 Å². The molecule has 1 unspecified atom stereocenters. The zero-order chi connectivity index (χ0) is 17.0. The largest absolute Gasteiger partial charge is 0.391 e. The maximum Gasteiger partial charge on any atom is 0.244 e. The molecule has 0 spiro atoms. The number of piperidine rings is 1. The van der Waals surface area contributed by atoms with Gasteiger partial charge in [-0.3, -0.25) is 0 Å². The first-order chi connectivity index (χ1) is 11.6. The van der Waals surface area contributed by atoms with Crippen molar-refractivity contribution in [2.24, 2.45) is 5.92 Å². The minimum Gasteiger partial charge on any atom is -0.391 e. The van der Waals surface area contributed by atoms with E-state index in [4.69, 9.17) is 0 Å². The van der Waals surface area contributed by atoms with E-state index in [1.165, 1.54) is 19.0 Å². The lowest BCUT2D eigenvalue weighted by atomic mass is 10.0. The molecule has 7 heteroatoms. The highest BCUT2D eigenvalue weighted by Crippen LogP contribution is 2.28. The number of anilines is 1. The van der Waals surface area contributed by atoms with Crippen LogP contribution in [0.25, 0.3) is 0 Å². The number of aliphatic hydroxyl groups excluding tert-OH is 1. The van der Waals surface area contributed by atoms with E-state index in [1.54, 1.807) is 16.4 Å². The molecule has 0 radical (unpaired) electrons. The Bertz CT molecular complexity index is 621. The van der Waals surface area contributed by atoms with Crippen molar-refractivity contribution in [3.8, 4) is 0 Å². The van der Waals surface area contributed by atoms with Gasteiger partial charge in [-0.15, -0.1) is 0 Å². The normalized spacial score (nSPS) is 21.7. The molecule has 1 aliphatic carbocycles. The lowest BCUT2D eigenvalue weighted by molar-refractivity contribution is 0.122. The summed E-state index contributed by atoms with van der Waals surface area (Å²) in [6, 6.07) is 3.28. The molecule has 3 rings (SSSR count). The van der Waals surface area contributed by atoms with Crippen molar-refractivity contribution in [3.05, 3.63) is 18.3 Å². The molecule has 0 bridgehead atoms. The highest BCUT2D eigenvalue weighted by Gasteiger charge is 2.26. The van der Waals surface area contributed by atoms with Crippen LogP contribution in [0.4, 0.5) is 5.82 Å². The van der Waals surface area contributed by atoms with Gasteiger partial charge in [0.05, 0.1) is 6.10 Å². The summed E-state index contributed by atoms with van der Waals surface area (Å²) in [6.07, 6.45) is 8.55. The summed E-state index contributed by atoms with van der Waals surface area (Å²) in [5.74, 6) is 0.973. The average molecular weight is 353 g/mol. The molecule has 2 aliphatic rings. The van der Waals surface area contributed by atoms with Gasteiger partial charge in [-0.1, -0.05) is 19.3 Å². The Morgan fingerprint density at radius 1 is 1.17 bits per heavy atom. The van der Waals surface area contributed by atoms with E-state index < -0.39 is 10.0 Å². The molecule has 1 saturated heterocycles. The molecular formula is C17H27N3O3S. The Balaban J connectivity index is 1.58. The predicted octanol–water partition coefficient (Wildman–Crippen LogP) is 2.22. The van der Waals surface area contributed by atoms with E-state index in [-0.39, 0.29) is 11.0 Å². The number of rotatable bonds is 6. The highest BCUT2D eigenvalue weighted by atomic mass is 32.2. The van der Waals surface area contributed by atoms with E-state index in [2.05, 4.69) is 10.3 Å². The van der Waals surface area contributed by atoms with Gasteiger partial charge in [-0.25, -0.2) is 13.4 Å². The molecule has 1 aromatic heterocycles. The van der Waals surface area contributed by atoms with Crippen LogP contribution in [0.15, 0.2) is 23.2 Å². The third-order valence-corrected chi connectivity index (χ3v) is 7.01. The van der Waals surface area contributed by atoms with Gasteiger partial charge >= 0.3 is 0 Å². The van der Waals surface area contributed by atoms with E-state index >= 15 is 0 Å². The number of aromatic nitrogens is 1. The maximum absolute atomic E-state index is 12.6. The first-order valence-corrected chi connectivity index (χ1v) is 10.4. The molecule has 0 aromatic carbocycles. The molecule has 1 saturated carbocycles. The van der Waals surface area contributed by atoms with Crippen LogP contribution in [-0.2, 0) is 10.0 Å². The van der Waals surface area contributed by atoms with Gasteiger partial charge in [-0.05, 0) is 43.7 Å². The van der Waals surface area contributed by atoms with Crippen molar-refractivity contribution < 1.29 is 13.5 Å². The van der Waals surface area contributed by atoms with Crippen LogP contribution in [0.5, 0.6) is 0 Å². The van der Waals surface area contributed by atoms with Gasteiger partial charge in [0, 0.05) is 25.8 Å². The summed E-state index contributed by atoms with van der Waals surface area (Å²) in [4.78, 5) is 4.45. The van der Waals surface area contributed by atoms with E-state index in [1.807, 2.05) is 0 Å². The summed E-state index contributed by atoms with van der Waals surface area (Å²) in [6.45, 7) is 1.64. The minimum absolute atomic E-state index is 0.242. The lowest BCUT2D eigenvalue weighted by Gasteiger charge is -2.25. The Labute approximate surface area is 144 Å². The molecule has 2 fully saturated rings. The van der Waals surface area contributed by atoms with Crippen molar-refractivity contribution in [2.45, 2.75) is 55.9 Å². The molecule has 2 N–H and O–H groups in total. The fraction of sp³-hybridized carbons (Fsp3) is 0.706. The van der Waals surface area contributed by atoms with Crippen molar-refractivity contribution in [3.63, 3.8) is 0 Å². The number of nitrogens with one attached hydrogen (secondary N) is 1. The van der Waals surface area contributed by atoms with E-state index in [0.717, 1.165) is 32.1 Å². The lowest BCUT2D eigenvalue weighted by Crippen LogP contribution is -2.35. The summed E-state index contributed by atoms with van der Waals surface area (Å²) in [5, 5.41) is 13.3. The maximum atomic E-state index is 12.6. The Hall–Kier alpha value is -1.18.